The molecule has 1 aromatic rings. The second-order valence-electron chi connectivity index (χ2n) is 3.36. The molecule has 0 aliphatic heterocycles. The first-order chi connectivity index (χ1) is 6.69. The number of methoxy groups -OCH3 is 1. The smallest absolute Gasteiger partial charge is 0.123 e. The van der Waals surface area contributed by atoms with Crippen molar-refractivity contribution in [2.24, 2.45) is 5.73 Å². The van der Waals surface area contributed by atoms with Gasteiger partial charge >= 0.3 is 0 Å². The highest BCUT2D eigenvalue weighted by Gasteiger charge is 2.10. The van der Waals surface area contributed by atoms with E-state index in [-0.39, 0.29) is 12.6 Å². The van der Waals surface area contributed by atoms with Gasteiger partial charge in [0.25, 0.3) is 0 Å². The van der Waals surface area contributed by atoms with Gasteiger partial charge in [0.05, 0.1) is 7.11 Å². The zero-order valence-corrected chi connectivity index (χ0v) is 8.66. The predicted molar refractivity (Wildman–Crippen MR) is 56.4 cm³/mol. The summed E-state index contributed by atoms with van der Waals surface area (Å²) < 4.78 is 5.23. The Morgan fingerprint density at radius 3 is 2.79 bits per heavy atom. The molecule has 1 rings (SSSR count). The van der Waals surface area contributed by atoms with E-state index in [1.165, 1.54) is 0 Å². The Morgan fingerprint density at radius 2 is 2.21 bits per heavy atom. The van der Waals surface area contributed by atoms with E-state index in [1.807, 2.05) is 25.1 Å². The van der Waals surface area contributed by atoms with Gasteiger partial charge in [-0.15, -0.1) is 0 Å². The molecule has 1 unspecified atom stereocenters. The van der Waals surface area contributed by atoms with Crippen LogP contribution < -0.4 is 10.5 Å². The minimum absolute atomic E-state index is 0.0954. The van der Waals surface area contributed by atoms with Crippen LogP contribution in [0.2, 0.25) is 0 Å². The maximum Gasteiger partial charge on any atom is 0.123 e. The Labute approximate surface area is 84.5 Å². The van der Waals surface area contributed by atoms with Gasteiger partial charge in [-0.1, -0.05) is 12.1 Å². The maximum absolute atomic E-state index is 8.80. The van der Waals surface area contributed by atoms with Crippen LogP contribution in [0.4, 0.5) is 0 Å². The molecule has 0 spiro atoms. The molecule has 0 amide bonds. The molecule has 3 N–H and O–H groups in total. The normalized spacial score (nSPS) is 12.6. The fourth-order valence-electron chi connectivity index (χ4n) is 1.42. The molecule has 0 radical (unpaired) electrons. The zero-order valence-electron chi connectivity index (χ0n) is 8.66. The van der Waals surface area contributed by atoms with Gasteiger partial charge in [0.15, 0.2) is 0 Å². The number of aliphatic hydroxyl groups excluding tert-OH is 1. The predicted octanol–water partition coefficient (Wildman–Crippen LogP) is 1.39. The molecule has 0 fully saturated rings. The lowest BCUT2D eigenvalue weighted by Crippen LogP contribution is -2.13. The molecule has 14 heavy (non-hydrogen) atoms. The number of rotatable bonds is 4. The lowest BCUT2D eigenvalue weighted by atomic mass is 10.0. The van der Waals surface area contributed by atoms with Crippen molar-refractivity contribution < 1.29 is 9.84 Å². The van der Waals surface area contributed by atoms with Crippen LogP contribution in [0.1, 0.15) is 23.6 Å². The Hall–Kier alpha value is -1.06. The SMILES string of the molecule is COc1cc(C)ccc1C(N)CCO. The van der Waals surface area contributed by atoms with Crippen LogP contribution in [0, 0.1) is 6.92 Å². The van der Waals surface area contributed by atoms with E-state index >= 15 is 0 Å². The number of ether oxygens (including phenoxy) is 1. The van der Waals surface area contributed by atoms with Crippen LogP contribution in [0.3, 0.4) is 0 Å². The van der Waals surface area contributed by atoms with Crippen molar-refractivity contribution in [1.29, 1.82) is 0 Å². The summed E-state index contributed by atoms with van der Waals surface area (Å²) in [4.78, 5) is 0. The van der Waals surface area contributed by atoms with E-state index < -0.39 is 0 Å². The van der Waals surface area contributed by atoms with Crippen molar-refractivity contribution >= 4 is 0 Å². The Balaban J connectivity index is 2.95. The van der Waals surface area contributed by atoms with Crippen LogP contribution in [-0.4, -0.2) is 18.8 Å². The molecule has 0 aliphatic rings. The van der Waals surface area contributed by atoms with Gasteiger partial charge in [-0.05, 0) is 25.0 Å². The molecular formula is C11H17NO2. The molecule has 0 heterocycles. The number of nitrogens with two attached hydrogens (primary N) is 1. The van der Waals surface area contributed by atoms with Crippen molar-refractivity contribution in [3.63, 3.8) is 0 Å². The van der Waals surface area contributed by atoms with Crippen molar-refractivity contribution in [1.82, 2.24) is 0 Å². The summed E-state index contributed by atoms with van der Waals surface area (Å²) in [7, 11) is 1.63. The fraction of sp³-hybridized carbons (Fsp3) is 0.455. The van der Waals surface area contributed by atoms with Gasteiger partial charge in [-0.3, -0.25) is 0 Å². The van der Waals surface area contributed by atoms with E-state index in [9.17, 15) is 0 Å². The van der Waals surface area contributed by atoms with Crippen LogP contribution in [0.15, 0.2) is 18.2 Å². The topological polar surface area (TPSA) is 55.5 Å². The number of benzene rings is 1. The highest BCUT2D eigenvalue weighted by molar-refractivity contribution is 5.39. The standard InChI is InChI=1S/C11H17NO2/c1-8-3-4-9(10(12)5-6-13)11(7-8)14-2/h3-4,7,10,13H,5-6,12H2,1-2H3. The molecule has 0 aliphatic carbocycles. The largest absolute Gasteiger partial charge is 0.496 e. The molecule has 1 atom stereocenters. The number of aliphatic hydroxyl groups is 1. The van der Waals surface area contributed by atoms with E-state index in [0.29, 0.717) is 6.42 Å². The first-order valence-electron chi connectivity index (χ1n) is 4.70. The van der Waals surface area contributed by atoms with Crippen molar-refractivity contribution in [3.05, 3.63) is 29.3 Å². The highest BCUT2D eigenvalue weighted by atomic mass is 16.5. The lowest BCUT2D eigenvalue weighted by Gasteiger charge is -2.15. The molecule has 3 heteroatoms. The third kappa shape index (κ3) is 2.47. The van der Waals surface area contributed by atoms with E-state index in [1.54, 1.807) is 7.11 Å². The summed E-state index contributed by atoms with van der Waals surface area (Å²) in [5.41, 5.74) is 7.98. The first-order valence-corrected chi connectivity index (χ1v) is 4.70. The number of hydrogen-bond donors (Lipinski definition) is 2. The monoisotopic (exact) mass is 195 g/mol. The second-order valence-corrected chi connectivity index (χ2v) is 3.36. The second kappa shape index (κ2) is 4.98. The third-order valence-electron chi connectivity index (χ3n) is 2.23. The van der Waals surface area contributed by atoms with Crippen LogP contribution >= 0.6 is 0 Å². The summed E-state index contributed by atoms with van der Waals surface area (Å²) in [5.74, 6) is 0.797. The summed E-state index contributed by atoms with van der Waals surface area (Å²) in [5, 5.41) is 8.80. The Bertz CT molecular complexity index is 299. The Kier molecular flexibility index (Phi) is 3.92. The van der Waals surface area contributed by atoms with Crippen molar-refractivity contribution in [2.45, 2.75) is 19.4 Å². The van der Waals surface area contributed by atoms with Crippen LogP contribution in [0.25, 0.3) is 0 Å². The summed E-state index contributed by atoms with van der Waals surface area (Å²) in [6.45, 7) is 2.10. The fourth-order valence-corrected chi connectivity index (χ4v) is 1.42. The molecular weight excluding hydrogens is 178 g/mol. The van der Waals surface area contributed by atoms with Gasteiger partial charge < -0.3 is 15.6 Å². The molecule has 0 aromatic heterocycles. The number of hydrogen-bond acceptors (Lipinski definition) is 3. The summed E-state index contributed by atoms with van der Waals surface area (Å²) >= 11 is 0. The zero-order chi connectivity index (χ0) is 10.6. The van der Waals surface area contributed by atoms with Gasteiger partial charge in [0.2, 0.25) is 0 Å². The highest BCUT2D eigenvalue weighted by Crippen LogP contribution is 2.26. The maximum atomic E-state index is 8.80. The molecule has 0 saturated heterocycles. The molecule has 0 saturated carbocycles. The van der Waals surface area contributed by atoms with E-state index in [0.717, 1.165) is 16.9 Å². The molecule has 1 aromatic carbocycles. The quantitative estimate of drug-likeness (QED) is 0.763. The minimum Gasteiger partial charge on any atom is -0.496 e. The van der Waals surface area contributed by atoms with Crippen molar-refractivity contribution in [2.75, 3.05) is 13.7 Å². The van der Waals surface area contributed by atoms with Gasteiger partial charge in [0.1, 0.15) is 5.75 Å². The lowest BCUT2D eigenvalue weighted by molar-refractivity contribution is 0.275. The third-order valence-corrected chi connectivity index (χ3v) is 2.23. The Morgan fingerprint density at radius 1 is 1.50 bits per heavy atom. The molecule has 78 valence electrons. The minimum atomic E-state index is -0.157. The van der Waals surface area contributed by atoms with Crippen LogP contribution in [0.5, 0.6) is 5.75 Å². The summed E-state index contributed by atoms with van der Waals surface area (Å²) in [6.07, 6.45) is 0.555. The average molecular weight is 195 g/mol. The van der Waals surface area contributed by atoms with E-state index in [4.69, 9.17) is 15.6 Å². The first kappa shape index (κ1) is 11.0. The van der Waals surface area contributed by atoms with Gasteiger partial charge in [-0.2, -0.15) is 0 Å². The molecule has 0 bridgehead atoms. The van der Waals surface area contributed by atoms with Crippen molar-refractivity contribution in [3.8, 4) is 5.75 Å². The van der Waals surface area contributed by atoms with Gasteiger partial charge in [-0.25, -0.2) is 0 Å². The van der Waals surface area contributed by atoms with E-state index in [2.05, 4.69) is 0 Å². The average Bonchev–Trinajstić information content (AvgIpc) is 2.17. The molecule has 3 nitrogen and oxygen atoms in total. The van der Waals surface area contributed by atoms with Crippen LogP contribution in [-0.2, 0) is 0 Å². The summed E-state index contributed by atoms with van der Waals surface area (Å²) in [6, 6.07) is 5.74. The van der Waals surface area contributed by atoms with Gasteiger partial charge in [0, 0.05) is 18.2 Å². The number of aryl methyl sites for hydroxylation is 1.